The molecule has 0 spiro atoms. The molecule has 31 heavy (non-hydrogen) atoms. The Balaban J connectivity index is 1.89. The van der Waals surface area contributed by atoms with Gasteiger partial charge in [-0.2, -0.15) is 0 Å². The average molecular weight is 447 g/mol. The number of thiazole rings is 1. The maximum atomic E-state index is 14.2. The molecule has 1 N–H and O–H groups in total. The summed E-state index contributed by atoms with van der Waals surface area (Å²) in [7, 11) is 0. The van der Waals surface area contributed by atoms with E-state index in [1.165, 1.54) is 11.6 Å². The van der Waals surface area contributed by atoms with Crippen LogP contribution in [0.4, 0.5) is 23.2 Å². The second-order valence-corrected chi connectivity index (χ2v) is 7.58. The Labute approximate surface area is 176 Å². The van der Waals surface area contributed by atoms with Crippen molar-refractivity contribution in [3.05, 3.63) is 91.7 Å². The molecule has 2 aromatic carbocycles. The Morgan fingerprint density at radius 1 is 1.10 bits per heavy atom. The number of hydrogen-bond acceptors (Lipinski definition) is 4. The van der Waals surface area contributed by atoms with Gasteiger partial charge in [0.2, 0.25) is 5.56 Å². The number of carbonyl (C=O) groups is 1. The summed E-state index contributed by atoms with van der Waals surface area (Å²) in [5.74, 6) is -4.82. The van der Waals surface area contributed by atoms with E-state index < -0.39 is 34.7 Å². The minimum atomic E-state index is -1.25. The predicted molar refractivity (Wildman–Crippen MR) is 108 cm³/mol. The van der Waals surface area contributed by atoms with Gasteiger partial charge < -0.3 is 9.88 Å². The number of nitrogens with zero attached hydrogens (tertiary/aromatic N) is 2. The smallest absolute Gasteiger partial charge is 0.270 e. The normalized spacial score (nSPS) is 11.1. The maximum Gasteiger partial charge on any atom is 0.270 e. The minimum Gasteiger partial charge on any atom is -0.319 e. The second-order valence-electron chi connectivity index (χ2n) is 6.73. The van der Waals surface area contributed by atoms with Gasteiger partial charge in [-0.15, -0.1) is 11.3 Å². The first kappa shape index (κ1) is 20.7. The highest BCUT2D eigenvalue weighted by Crippen LogP contribution is 2.28. The Morgan fingerprint density at radius 3 is 2.45 bits per heavy atom. The van der Waals surface area contributed by atoms with Crippen molar-refractivity contribution in [3.63, 3.8) is 0 Å². The summed E-state index contributed by atoms with van der Waals surface area (Å²) >= 11 is 1.04. The summed E-state index contributed by atoms with van der Waals surface area (Å²) in [5.41, 5.74) is 0.839. The molecule has 158 valence electrons. The minimum absolute atomic E-state index is 0.105. The van der Waals surface area contributed by atoms with Crippen molar-refractivity contribution >= 4 is 33.8 Å². The fourth-order valence-corrected chi connectivity index (χ4v) is 3.99. The van der Waals surface area contributed by atoms with Gasteiger partial charge in [-0.1, -0.05) is 0 Å². The van der Waals surface area contributed by atoms with Crippen LogP contribution in [0.3, 0.4) is 0 Å². The van der Waals surface area contributed by atoms with Crippen molar-refractivity contribution < 1.29 is 22.4 Å². The van der Waals surface area contributed by atoms with E-state index in [2.05, 4.69) is 9.97 Å². The average Bonchev–Trinajstić information content (AvgIpc) is 3.13. The number of carbonyl (C=O) groups excluding carboxylic acids is 1. The molecule has 0 bridgehead atoms. The van der Waals surface area contributed by atoms with Crippen LogP contribution in [0.2, 0.25) is 0 Å². The van der Waals surface area contributed by atoms with Gasteiger partial charge in [0, 0.05) is 17.5 Å². The van der Waals surface area contributed by atoms with Crippen LogP contribution in [0, 0.1) is 30.2 Å². The molecule has 2 aromatic heterocycles. The number of rotatable bonds is 4. The van der Waals surface area contributed by atoms with Gasteiger partial charge in [0.25, 0.3) is 5.91 Å². The number of nitrogens with one attached hydrogen (secondary N) is 1. The summed E-state index contributed by atoms with van der Waals surface area (Å²) in [4.78, 5) is 32.8. The summed E-state index contributed by atoms with van der Waals surface area (Å²) in [6.07, 6.45) is 0. The first-order valence-corrected chi connectivity index (χ1v) is 9.80. The molecule has 4 aromatic rings. The molecule has 0 atom stereocenters. The summed E-state index contributed by atoms with van der Waals surface area (Å²) in [5, 5.41) is 0.147. The van der Waals surface area contributed by atoms with Crippen LogP contribution in [-0.2, 0) is 6.54 Å². The van der Waals surface area contributed by atoms with Crippen LogP contribution in [0.15, 0.2) is 46.7 Å². The first-order valence-electron chi connectivity index (χ1n) is 8.92. The van der Waals surface area contributed by atoms with E-state index in [4.69, 9.17) is 0 Å². The van der Waals surface area contributed by atoms with E-state index in [-0.39, 0.29) is 33.6 Å². The fraction of sp³-hybridized carbons (Fsp3) is 0.0952. The van der Waals surface area contributed by atoms with Gasteiger partial charge in [-0.25, -0.2) is 22.5 Å². The van der Waals surface area contributed by atoms with Crippen LogP contribution < -0.4 is 10.5 Å². The number of amides is 1. The molecule has 0 saturated heterocycles. The van der Waals surface area contributed by atoms with E-state index in [0.717, 1.165) is 40.5 Å². The Morgan fingerprint density at radius 2 is 1.81 bits per heavy atom. The van der Waals surface area contributed by atoms with Crippen LogP contribution in [0.25, 0.3) is 10.9 Å². The third kappa shape index (κ3) is 3.93. The van der Waals surface area contributed by atoms with Gasteiger partial charge in [0.1, 0.15) is 16.5 Å². The van der Waals surface area contributed by atoms with Gasteiger partial charge in [0.05, 0.1) is 29.0 Å². The molecule has 10 heteroatoms. The maximum absolute atomic E-state index is 14.2. The lowest BCUT2D eigenvalue weighted by Crippen LogP contribution is -2.31. The summed E-state index contributed by atoms with van der Waals surface area (Å²) in [6, 6.07) is 5.85. The first-order chi connectivity index (χ1) is 14.7. The monoisotopic (exact) mass is 447 g/mol. The van der Waals surface area contributed by atoms with Crippen LogP contribution in [0.1, 0.15) is 20.9 Å². The quantitative estimate of drug-likeness (QED) is 0.462. The number of hydrogen-bond donors (Lipinski definition) is 1. The molecule has 0 fully saturated rings. The van der Waals surface area contributed by atoms with Gasteiger partial charge >= 0.3 is 0 Å². The highest BCUT2D eigenvalue weighted by atomic mass is 32.1. The fourth-order valence-electron chi connectivity index (χ4n) is 3.24. The van der Waals surface area contributed by atoms with E-state index >= 15 is 0 Å². The Hall–Kier alpha value is -3.53. The number of pyridine rings is 1. The van der Waals surface area contributed by atoms with Crippen molar-refractivity contribution in [1.82, 2.24) is 9.97 Å². The summed E-state index contributed by atoms with van der Waals surface area (Å²) in [6.45, 7) is 1.28. The number of benzene rings is 2. The number of halogens is 4. The number of anilines is 1. The lowest BCUT2D eigenvalue weighted by Gasteiger charge is -2.23. The largest absolute Gasteiger partial charge is 0.319 e. The molecule has 4 rings (SSSR count). The molecular formula is C21H13F4N3O2S. The van der Waals surface area contributed by atoms with Crippen molar-refractivity contribution in [2.24, 2.45) is 0 Å². The molecule has 0 aliphatic rings. The molecule has 1 amide bonds. The Kier molecular flexibility index (Phi) is 5.32. The number of aromatic amines is 1. The number of aromatic nitrogens is 2. The molecule has 0 unspecified atom stereocenters. The molecule has 0 saturated carbocycles. The highest BCUT2D eigenvalue weighted by Gasteiger charge is 2.24. The SMILES string of the molecule is Cc1ncsc1C(=O)N(Cc1cc(=O)[nH]c2c(F)c(F)ccc12)c1cc(F)cc(F)c1. The number of fused-ring (bicyclic) bond motifs is 1. The lowest BCUT2D eigenvalue weighted by atomic mass is 10.1. The highest BCUT2D eigenvalue weighted by molar-refractivity contribution is 7.12. The number of H-pyrrole nitrogens is 1. The van der Waals surface area contributed by atoms with Crippen molar-refractivity contribution in [2.75, 3.05) is 4.90 Å². The van der Waals surface area contributed by atoms with Gasteiger partial charge in [0.15, 0.2) is 11.6 Å². The van der Waals surface area contributed by atoms with E-state index in [0.29, 0.717) is 11.8 Å². The van der Waals surface area contributed by atoms with E-state index in [1.807, 2.05) is 0 Å². The predicted octanol–water partition coefficient (Wildman–Crippen LogP) is 4.70. The standard InChI is InChI=1S/C21H13F4N3O2S/c1-10-20(31-9-26-10)21(30)28(14-6-12(22)5-13(23)7-14)8-11-4-17(29)27-19-15(11)2-3-16(24)18(19)25/h2-7,9H,8H2,1H3,(H,27,29). The van der Waals surface area contributed by atoms with Crippen LogP contribution >= 0.6 is 11.3 Å². The van der Waals surface area contributed by atoms with Gasteiger partial charge in [-0.3, -0.25) is 9.59 Å². The zero-order valence-corrected chi connectivity index (χ0v) is 16.7. The Bertz CT molecular complexity index is 1360. The topological polar surface area (TPSA) is 66.1 Å². The molecule has 0 aliphatic carbocycles. The number of aryl methyl sites for hydroxylation is 1. The zero-order valence-electron chi connectivity index (χ0n) is 15.9. The molecule has 0 radical (unpaired) electrons. The second kappa shape index (κ2) is 7.95. The van der Waals surface area contributed by atoms with Crippen LogP contribution in [-0.4, -0.2) is 15.9 Å². The van der Waals surface area contributed by atoms with Crippen LogP contribution in [0.5, 0.6) is 0 Å². The third-order valence-corrected chi connectivity index (χ3v) is 5.58. The van der Waals surface area contributed by atoms with Gasteiger partial charge in [-0.05, 0) is 36.8 Å². The molecule has 2 heterocycles. The third-order valence-electron chi connectivity index (χ3n) is 4.67. The van der Waals surface area contributed by atoms with Crippen molar-refractivity contribution in [3.8, 4) is 0 Å². The molecular weight excluding hydrogens is 434 g/mol. The van der Waals surface area contributed by atoms with E-state index in [9.17, 15) is 27.2 Å². The van der Waals surface area contributed by atoms with Crippen molar-refractivity contribution in [1.29, 1.82) is 0 Å². The van der Waals surface area contributed by atoms with Crippen molar-refractivity contribution in [2.45, 2.75) is 13.5 Å². The molecule has 5 nitrogen and oxygen atoms in total. The lowest BCUT2D eigenvalue weighted by molar-refractivity contribution is 0.0988. The zero-order chi connectivity index (χ0) is 22.3. The summed E-state index contributed by atoms with van der Waals surface area (Å²) < 4.78 is 55.6. The van der Waals surface area contributed by atoms with E-state index in [1.54, 1.807) is 6.92 Å². The molecule has 0 aliphatic heterocycles.